The molecule has 0 aromatic heterocycles. The van der Waals surface area contributed by atoms with Crippen LogP contribution in [-0.2, 0) is 21.4 Å². The summed E-state index contributed by atoms with van der Waals surface area (Å²) in [4.78, 5) is 12.5. The highest BCUT2D eigenvalue weighted by molar-refractivity contribution is 7.89. The van der Waals surface area contributed by atoms with Gasteiger partial charge in [0.15, 0.2) is 0 Å². The number of nitrogens with zero attached hydrogens (tertiary/aromatic N) is 1. The molecule has 0 fully saturated rings. The number of amides is 1. The minimum absolute atomic E-state index is 0.0438. The molecular formula is C24H20ClF3N2O4S. The van der Waals surface area contributed by atoms with Gasteiger partial charge in [-0.3, -0.25) is 9.10 Å². The third-order valence-electron chi connectivity index (χ3n) is 4.92. The molecule has 0 saturated carbocycles. The van der Waals surface area contributed by atoms with Gasteiger partial charge in [-0.05, 0) is 59.2 Å². The zero-order valence-electron chi connectivity index (χ0n) is 18.3. The number of rotatable bonds is 8. The molecule has 184 valence electrons. The maximum absolute atomic E-state index is 12.7. The van der Waals surface area contributed by atoms with Gasteiger partial charge in [0.1, 0.15) is 11.4 Å². The number of benzene rings is 3. The number of hydrogen-bond acceptors (Lipinski definition) is 4. The number of nitrogens with one attached hydrogen (secondary N) is 1. The van der Waals surface area contributed by atoms with Gasteiger partial charge >= 0.3 is 6.36 Å². The highest BCUT2D eigenvalue weighted by Crippen LogP contribution is 2.27. The second-order valence-corrected chi connectivity index (χ2v) is 9.73. The van der Waals surface area contributed by atoms with Crippen molar-refractivity contribution in [3.8, 4) is 16.9 Å². The predicted octanol–water partition coefficient (Wildman–Crippen LogP) is 5.36. The monoisotopic (exact) mass is 524 g/mol. The molecule has 3 rings (SSSR count). The number of alkyl halides is 3. The number of ether oxygens (including phenoxy) is 1. The van der Waals surface area contributed by atoms with E-state index in [1.165, 1.54) is 55.6 Å². The van der Waals surface area contributed by atoms with Gasteiger partial charge < -0.3 is 10.1 Å². The Labute approximate surface area is 205 Å². The smallest absolute Gasteiger partial charge is 0.406 e. The van der Waals surface area contributed by atoms with E-state index in [-0.39, 0.29) is 22.9 Å². The van der Waals surface area contributed by atoms with Crippen molar-refractivity contribution in [1.29, 1.82) is 0 Å². The summed E-state index contributed by atoms with van der Waals surface area (Å²) in [6.45, 7) is 3.66. The average Bonchev–Trinajstić information content (AvgIpc) is 2.81. The number of hydrogen-bond donors (Lipinski definition) is 1. The van der Waals surface area contributed by atoms with Gasteiger partial charge in [-0.1, -0.05) is 48.5 Å². The maximum Gasteiger partial charge on any atom is 0.573 e. The molecule has 11 heteroatoms. The number of sulfonamides is 1. The van der Waals surface area contributed by atoms with Crippen LogP contribution in [-0.4, -0.2) is 32.0 Å². The predicted molar refractivity (Wildman–Crippen MR) is 126 cm³/mol. The van der Waals surface area contributed by atoms with E-state index < -0.39 is 22.3 Å². The summed E-state index contributed by atoms with van der Waals surface area (Å²) in [5.41, 5.74) is 1.75. The second-order valence-electron chi connectivity index (χ2n) is 7.33. The zero-order chi connectivity index (χ0) is 25.8. The molecule has 0 unspecified atom stereocenters. The first kappa shape index (κ1) is 26.1. The minimum atomic E-state index is -4.77. The Morgan fingerprint density at radius 2 is 1.66 bits per heavy atom. The molecule has 0 heterocycles. The lowest BCUT2D eigenvalue weighted by Crippen LogP contribution is -2.35. The lowest BCUT2D eigenvalue weighted by atomic mass is 10.0. The minimum Gasteiger partial charge on any atom is -0.406 e. The molecule has 3 aromatic carbocycles. The first-order valence-corrected chi connectivity index (χ1v) is 11.9. The van der Waals surface area contributed by atoms with Gasteiger partial charge in [0.25, 0.3) is 15.9 Å². The fourth-order valence-corrected chi connectivity index (χ4v) is 4.34. The molecule has 0 spiro atoms. The van der Waals surface area contributed by atoms with Crippen molar-refractivity contribution in [2.24, 2.45) is 0 Å². The van der Waals surface area contributed by atoms with Crippen LogP contribution >= 0.6 is 11.6 Å². The molecule has 0 aliphatic carbocycles. The largest absolute Gasteiger partial charge is 0.573 e. The normalized spacial score (nSPS) is 11.6. The average molecular weight is 525 g/mol. The Hall–Kier alpha value is -3.50. The van der Waals surface area contributed by atoms with Crippen LogP contribution in [0, 0.1) is 0 Å². The van der Waals surface area contributed by atoms with Gasteiger partial charge in [-0.25, -0.2) is 8.42 Å². The van der Waals surface area contributed by atoms with Crippen LogP contribution in [0.4, 0.5) is 13.2 Å². The van der Waals surface area contributed by atoms with Gasteiger partial charge in [0.2, 0.25) is 0 Å². The van der Waals surface area contributed by atoms with Crippen molar-refractivity contribution < 1.29 is 31.1 Å². The Morgan fingerprint density at radius 3 is 2.26 bits per heavy atom. The highest BCUT2D eigenvalue weighted by Gasteiger charge is 2.31. The van der Waals surface area contributed by atoms with Crippen molar-refractivity contribution in [1.82, 2.24) is 9.62 Å². The van der Waals surface area contributed by atoms with E-state index in [1.807, 2.05) is 0 Å². The molecule has 0 aliphatic rings. The number of carbonyl (C=O) groups is 1. The van der Waals surface area contributed by atoms with Crippen LogP contribution < -0.4 is 10.1 Å². The van der Waals surface area contributed by atoms with Crippen molar-refractivity contribution in [3.63, 3.8) is 0 Å². The topological polar surface area (TPSA) is 75.7 Å². The van der Waals surface area contributed by atoms with Crippen LogP contribution in [0.5, 0.6) is 5.75 Å². The van der Waals surface area contributed by atoms with E-state index in [1.54, 1.807) is 24.3 Å². The molecule has 0 saturated heterocycles. The Bertz CT molecular complexity index is 1330. The summed E-state index contributed by atoms with van der Waals surface area (Å²) in [5, 5.41) is 2.99. The van der Waals surface area contributed by atoms with Crippen molar-refractivity contribution in [2.75, 3.05) is 7.05 Å². The summed E-state index contributed by atoms with van der Waals surface area (Å²) in [5.74, 6) is -1.02. The molecule has 1 amide bonds. The lowest BCUT2D eigenvalue weighted by molar-refractivity contribution is -0.274. The van der Waals surface area contributed by atoms with E-state index in [0.29, 0.717) is 21.7 Å². The van der Waals surface area contributed by atoms with Crippen molar-refractivity contribution >= 4 is 27.5 Å². The van der Waals surface area contributed by atoms with E-state index >= 15 is 0 Å². The summed E-state index contributed by atoms with van der Waals surface area (Å²) >= 11 is 5.80. The summed E-state index contributed by atoms with van der Waals surface area (Å²) in [6.07, 6.45) is -4.77. The molecule has 0 bridgehead atoms. The Morgan fingerprint density at radius 1 is 1.03 bits per heavy atom. The number of halogens is 4. The maximum atomic E-state index is 12.7. The van der Waals surface area contributed by atoms with Crippen LogP contribution in [0.1, 0.15) is 5.56 Å². The second kappa shape index (κ2) is 10.4. The van der Waals surface area contributed by atoms with Gasteiger partial charge in [-0.2, -0.15) is 0 Å². The standard InChI is InChI=1S/C24H20ClF3N2O4S/c1-16(30(2)35(32,33)22-12-8-20(25)9-13-22)23(31)29-15-17-4-3-5-19(14-17)18-6-10-21(11-7-18)34-24(26,27)28/h3-14H,1,15H2,2H3,(H,29,31). The molecule has 1 N–H and O–H groups in total. The molecule has 0 atom stereocenters. The third kappa shape index (κ3) is 6.77. The molecule has 0 radical (unpaired) electrons. The fourth-order valence-electron chi connectivity index (χ4n) is 3.05. The Balaban J connectivity index is 1.65. The quantitative estimate of drug-likeness (QED) is 0.403. The molecule has 6 nitrogen and oxygen atoms in total. The molecule has 0 aliphatic heterocycles. The molecule has 3 aromatic rings. The first-order valence-electron chi connectivity index (χ1n) is 10.0. The zero-order valence-corrected chi connectivity index (χ0v) is 19.9. The lowest BCUT2D eigenvalue weighted by Gasteiger charge is -2.21. The van der Waals surface area contributed by atoms with Gasteiger partial charge in [0, 0.05) is 18.6 Å². The number of carbonyl (C=O) groups excluding carboxylic acids is 1. The van der Waals surface area contributed by atoms with Crippen LogP contribution in [0.15, 0.2) is 90.0 Å². The van der Waals surface area contributed by atoms with Crippen LogP contribution in [0.25, 0.3) is 11.1 Å². The van der Waals surface area contributed by atoms with Gasteiger partial charge in [-0.15, -0.1) is 13.2 Å². The van der Waals surface area contributed by atoms with E-state index in [0.717, 1.165) is 4.31 Å². The van der Waals surface area contributed by atoms with Gasteiger partial charge in [0.05, 0.1) is 4.90 Å². The summed E-state index contributed by atoms with van der Waals surface area (Å²) in [6, 6.07) is 17.9. The van der Waals surface area contributed by atoms with Crippen molar-refractivity contribution in [3.05, 3.63) is 95.7 Å². The van der Waals surface area contributed by atoms with E-state index in [2.05, 4.69) is 16.6 Å². The van der Waals surface area contributed by atoms with Crippen LogP contribution in [0.3, 0.4) is 0 Å². The third-order valence-corrected chi connectivity index (χ3v) is 6.98. The number of likely N-dealkylation sites (N-methyl/N-ethyl adjacent to an activating group) is 1. The SMILES string of the molecule is C=C(C(=O)NCc1cccc(-c2ccc(OC(F)(F)F)cc2)c1)N(C)S(=O)(=O)c1ccc(Cl)cc1. The van der Waals surface area contributed by atoms with E-state index in [4.69, 9.17) is 11.6 Å². The van der Waals surface area contributed by atoms with E-state index in [9.17, 15) is 26.4 Å². The summed E-state index contributed by atoms with van der Waals surface area (Å²) < 4.78 is 67.1. The molecule has 35 heavy (non-hydrogen) atoms. The summed E-state index contributed by atoms with van der Waals surface area (Å²) in [7, 11) is -2.79. The highest BCUT2D eigenvalue weighted by atomic mass is 35.5. The molecular weight excluding hydrogens is 505 g/mol. The first-order chi connectivity index (χ1) is 16.4. The van der Waals surface area contributed by atoms with Crippen molar-refractivity contribution in [2.45, 2.75) is 17.8 Å². The van der Waals surface area contributed by atoms with Crippen LogP contribution in [0.2, 0.25) is 5.02 Å². The Kier molecular flexibility index (Phi) is 7.76. The fraction of sp³-hybridized carbons (Fsp3) is 0.125.